The Balaban J connectivity index is 2.15. The van der Waals surface area contributed by atoms with E-state index in [1.165, 1.54) is 0 Å². The Hall–Kier alpha value is -1.56. The van der Waals surface area contributed by atoms with Crippen LogP contribution in [0.4, 0.5) is 4.79 Å². The molecular formula is C17H30N4O2. The summed E-state index contributed by atoms with van der Waals surface area (Å²) >= 11 is 0. The van der Waals surface area contributed by atoms with Crippen LogP contribution in [0.2, 0.25) is 0 Å². The van der Waals surface area contributed by atoms with Gasteiger partial charge in [-0.25, -0.2) is 4.79 Å². The van der Waals surface area contributed by atoms with Crippen LogP contribution >= 0.6 is 0 Å². The molecule has 6 nitrogen and oxygen atoms in total. The quantitative estimate of drug-likeness (QED) is 0.863. The highest BCUT2D eigenvalue weighted by Crippen LogP contribution is 2.30. The van der Waals surface area contributed by atoms with Crippen molar-refractivity contribution in [2.45, 2.75) is 71.1 Å². The van der Waals surface area contributed by atoms with Gasteiger partial charge in [-0.15, -0.1) is 0 Å². The third-order valence-electron chi connectivity index (χ3n) is 4.02. The average molecular weight is 322 g/mol. The van der Waals surface area contributed by atoms with Gasteiger partial charge in [0.05, 0.1) is 17.3 Å². The van der Waals surface area contributed by atoms with Crippen molar-refractivity contribution in [3.63, 3.8) is 0 Å². The molecule has 2 N–H and O–H groups in total. The lowest BCUT2D eigenvalue weighted by Gasteiger charge is -2.40. The van der Waals surface area contributed by atoms with Crippen LogP contribution < -0.4 is 5.73 Å². The van der Waals surface area contributed by atoms with E-state index in [2.05, 4.69) is 25.9 Å². The molecule has 1 fully saturated rings. The number of nitrogens with zero attached hydrogens (tertiary/aromatic N) is 3. The number of ether oxygens (including phenoxy) is 1. The minimum Gasteiger partial charge on any atom is -0.444 e. The Morgan fingerprint density at radius 1 is 1.30 bits per heavy atom. The van der Waals surface area contributed by atoms with Crippen molar-refractivity contribution in [1.82, 2.24) is 14.7 Å². The smallest absolute Gasteiger partial charge is 0.410 e. The Morgan fingerprint density at radius 3 is 2.48 bits per heavy atom. The fraction of sp³-hybridized carbons (Fsp3) is 0.765. The van der Waals surface area contributed by atoms with E-state index >= 15 is 0 Å². The van der Waals surface area contributed by atoms with Crippen LogP contribution in [0.1, 0.15) is 59.9 Å². The topological polar surface area (TPSA) is 73.4 Å². The molecule has 2 heterocycles. The third-order valence-corrected chi connectivity index (χ3v) is 4.02. The molecule has 1 unspecified atom stereocenters. The predicted molar refractivity (Wildman–Crippen MR) is 90.1 cm³/mol. The molecule has 2 rings (SSSR count). The fourth-order valence-corrected chi connectivity index (χ4v) is 2.75. The lowest BCUT2D eigenvalue weighted by molar-refractivity contribution is 0.0137. The number of hydrogen-bond acceptors (Lipinski definition) is 4. The molecule has 1 amide bonds. The lowest BCUT2D eigenvalue weighted by Crippen LogP contribution is -2.54. The van der Waals surface area contributed by atoms with Gasteiger partial charge >= 0.3 is 6.09 Å². The average Bonchev–Trinajstić information content (AvgIpc) is 2.86. The zero-order valence-electron chi connectivity index (χ0n) is 15.2. The molecule has 1 atom stereocenters. The molecular weight excluding hydrogens is 292 g/mol. The third kappa shape index (κ3) is 4.25. The van der Waals surface area contributed by atoms with Gasteiger partial charge in [-0.05, 0) is 54.4 Å². The van der Waals surface area contributed by atoms with Crippen LogP contribution in [-0.4, -0.2) is 39.5 Å². The minimum absolute atomic E-state index is 0.0892. The van der Waals surface area contributed by atoms with Gasteiger partial charge in [0.25, 0.3) is 0 Å². The molecule has 0 aliphatic carbocycles. The molecule has 0 bridgehead atoms. The minimum atomic E-state index is -0.571. The molecule has 1 aliphatic rings. The largest absolute Gasteiger partial charge is 0.444 e. The summed E-state index contributed by atoms with van der Waals surface area (Å²) in [4.78, 5) is 14.0. The van der Waals surface area contributed by atoms with Gasteiger partial charge in [-0.2, -0.15) is 5.10 Å². The van der Waals surface area contributed by atoms with Crippen molar-refractivity contribution in [2.24, 2.45) is 5.73 Å². The summed E-state index contributed by atoms with van der Waals surface area (Å²) < 4.78 is 7.40. The molecule has 1 aliphatic heterocycles. The Kier molecular flexibility index (Phi) is 4.50. The summed E-state index contributed by atoms with van der Waals surface area (Å²) in [7, 11) is 0. The number of aromatic nitrogens is 2. The van der Waals surface area contributed by atoms with E-state index in [9.17, 15) is 4.79 Å². The molecule has 23 heavy (non-hydrogen) atoms. The van der Waals surface area contributed by atoms with E-state index in [0.29, 0.717) is 13.1 Å². The van der Waals surface area contributed by atoms with Gasteiger partial charge in [0, 0.05) is 24.8 Å². The zero-order chi connectivity index (χ0) is 17.5. The molecule has 130 valence electrons. The van der Waals surface area contributed by atoms with E-state index in [1.54, 1.807) is 4.90 Å². The van der Waals surface area contributed by atoms with Gasteiger partial charge in [-0.3, -0.25) is 4.68 Å². The van der Waals surface area contributed by atoms with Crippen molar-refractivity contribution in [1.29, 1.82) is 0 Å². The monoisotopic (exact) mass is 322 g/mol. The summed E-state index contributed by atoms with van der Waals surface area (Å²) in [5.74, 6) is 0. The number of piperidine rings is 1. The zero-order valence-corrected chi connectivity index (χ0v) is 15.2. The standard InChI is InChI=1S/C17H30N4O2/c1-15(2,3)21-11-13(10-19-21)17(18)8-7-9-20(12-17)14(22)23-16(4,5)6/h10-11H,7-9,12,18H2,1-6H3. The highest BCUT2D eigenvalue weighted by Gasteiger charge is 2.38. The van der Waals surface area contributed by atoms with Crippen LogP contribution in [0.5, 0.6) is 0 Å². The molecule has 0 spiro atoms. The highest BCUT2D eigenvalue weighted by atomic mass is 16.6. The molecule has 0 radical (unpaired) electrons. The molecule has 1 saturated heterocycles. The Labute approximate surface area is 139 Å². The van der Waals surface area contributed by atoms with Crippen LogP contribution in [-0.2, 0) is 15.8 Å². The lowest BCUT2D eigenvalue weighted by atomic mass is 9.85. The highest BCUT2D eigenvalue weighted by molar-refractivity contribution is 5.68. The first kappa shape index (κ1) is 17.8. The van der Waals surface area contributed by atoms with Gasteiger partial charge in [-0.1, -0.05) is 0 Å². The summed E-state index contributed by atoms with van der Waals surface area (Å²) in [5.41, 5.74) is 6.44. The van der Waals surface area contributed by atoms with Crippen LogP contribution in [0.3, 0.4) is 0 Å². The number of carbonyl (C=O) groups is 1. The molecule has 0 aromatic carbocycles. The van der Waals surface area contributed by atoms with Gasteiger partial charge in [0.1, 0.15) is 5.60 Å². The number of rotatable bonds is 1. The van der Waals surface area contributed by atoms with Gasteiger partial charge in [0.2, 0.25) is 0 Å². The van der Waals surface area contributed by atoms with E-state index in [0.717, 1.165) is 18.4 Å². The summed E-state index contributed by atoms with van der Waals surface area (Å²) in [5, 5.41) is 4.44. The summed E-state index contributed by atoms with van der Waals surface area (Å²) in [6.45, 7) is 13.1. The maximum atomic E-state index is 12.3. The predicted octanol–water partition coefficient (Wildman–Crippen LogP) is 2.82. The first-order valence-electron chi connectivity index (χ1n) is 8.23. The van der Waals surface area contributed by atoms with Crippen LogP contribution in [0, 0.1) is 0 Å². The van der Waals surface area contributed by atoms with E-state index in [1.807, 2.05) is 37.8 Å². The second-order valence-corrected chi connectivity index (χ2v) is 8.51. The van der Waals surface area contributed by atoms with Crippen molar-refractivity contribution >= 4 is 6.09 Å². The normalized spacial score (nSPS) is 23.0. The summed E-state index contributed by atoms with van der Waals surface area (Å²) in [6.07, 6.45) is 5.22. The molecule has 1 aromatic rings. The van der Waals surface area contributed by atoms with Crippen molar-refractivity contribution in [3.8, 4) is 0 Å². The van der Waals surface area contributed by atoms with Crippen molar-refractivity contribution < 1.29 is 9.53 Å². The first-order chi connectivity index (χ1) is 10.4. The number of nitrogens with two attached hydrogens (primary N) is 1. The number of likely N-dealkylation sites (tertiary alicyclic amines) is 1. The van der Waals surface area contributed by atoms with E-state index in [-0.39, 0.29) is 11.6 Å². The van der Waals surface area contributed by atoms with Crippen LogP contribution in [0.25, 0.3) is 0 Å². The van der Waals surface area contributed by atoms with Gasteiger partial charge in [0.15, 0.2) is 0 Å². The Morgan fingerprint density at radius 2 is 1.96 bits per heavy atom. The van der Waals surface area contributed by atoms with Crippen molar-refractivity contribution in [2.75, 3.05) is 13.1 Å². The SMILES string of the molecule is CC(C)(C)OC(=O)N1CCCC(N)(c2cnn(C(C)(C)C)c2)C1. The number of carbonyl (C=O) groups excluding carboxylic acids is 1. The van der Waals surface area contributed by atoms with Crippen molar-refractivity contribution in [3.05, 3.63) is 18.0 Å². The maximum Gasteiger partial charge on any atom is 0.410 e. The summed E-state index contributed by atoms with van der Waals surface area (Å²) in [6, 6.07) is 0. The Bertz CT molecular complexity index is 568. The van der Waals surface area contributed by atoms with Crippen LogP contribution in [0.15, 0.2) is 12.4 Å². The van der Waals surface area contributed by atoms with Gasteiger partial charge < -0.3 is 15.4 Å². The first-order valence-corrected chi connectivity index (χ1v) is 8.23. The number of hydrogen-bond donors (Lipinski definition) is 1. The molecule has 0 saturated carbocycles. The fourth-order valence-electron chi connectivity index (χ4n) is 2.75. The molecule has 6 heteroatoms. The van der Waals surface area contributed by atoms with E-state index < -0.39 is 11.1 Å². The second kappa shape index (κ2) is 5.82. The maximum absolute atomic E-state index is 12.3. The number of amides is 1. The second-order valence-electron chi connectivity index (χ2n) is 8.51. The molecule has 1 aromatic heterocycles. The van der Waals surface area contributed by atoms with E-state index in [4.69, 9.17) is 10.5 Å².